The maximum atomic E-state index is 4.78. The Morgan fingerprint density at radius 3 is 1.59 bits per heavy atom. The molecule has 0 aliphatic rings. The van der Waals surface area contributed by atoms with Crippen molar-refractivity contribution in [3.05, 3.63) is 160 Å². The van der Waals surface area contributed by atoms with E-state index in [0.29, 0.717) is 0 Å². The summed E-state index contributed by atoms with van der Waals surface area (Å²) in [5.41, 5.74) is 6.64. The largest absolute Gasteiger partial charge is 0.176 e. The standard InChI is InChI=1S/C32H26N4S/c1-24(33-35-30(25-14-6-2-7-15-25)26-16-8-3-9-17-26)32-29(22-23-37-32)34-36-31(27-18-10-4-11-19-27)28-20-12-5-13-21-28/h2-23,31H,1H3/b33-24-,36-34?. The first-order chi connectivity index (χ1) is 18.3. The molecule has 5 rings (SSSR count). The van der Waals surface area contributed by atoms with Crippen LogP contribution in [-0.4, -0.2) is 11.4 Å². The molecule has 180 valence electrons. The second-order valence-electron chi connectivity index (χ2n) is 8.44. The van der Waals surface area contributed by atoms with Gasteiger partial charge in [0.05, 0.1) is 10.6 Å². The molecule has 4 nitrogen and oxygen atoms in total. The predicted molar refractivity (Wildman–Crippen MR) is 154 cm³/mol. The molecular weight excluding hydrogens is 472 g/mol. The van der Waals surface area contributed by atoms with Gasteiger partial charge in [-0.1, -0.05) is 121 Å². The Morgan fingerprint density at radius 2 is 1.08 bits per heavy atom. The van der Waals surface area contributed by atoms with Crippen LogP contribution >= 0.6 is 11.3 Å². The number of rotatable bonds is 8. The number of thiophene rings is 1. The third-order valence-electron chi connectivity index (χ3n) is 5.88. The van der Waals surface area contributed by atoms with E-state index in [1.165, 1.54) is 0 Å². The van der Waals surface area contributed by atoms with Crippen LogP contribution in [0.1, 0.15) is 40.1 Å². The average molecular weight is 499 g/mol. The molecule has 0 unspecified atom stereocenters. The maximum absolute atomic E-state index is 4.78. The van der Waals surface area contributed by atoms with E-state index in [1.807, 2.05) is 91.2 Å². The fourth-order valence-electron chi connectivity index (χ4n) is 4.01. The lowest BCUT2D eigenvalue weighted by atomic mass is 10.00. The van der Waals surface area contributed by atoms with Gasteiger partial charge in [0.15, 0.2) is 0 Å². The molecule has 1 aromatic heterocycles. The van der Waals surface area contributed by atoms with Crippen LogP contribution in [0.25, 0.3) is 0 Å². The summed E-state index contributed by atoms with van der Waals surface area (Å²) in [5.74, 6) is 0. The summed E-state index contributed by atoms with van der Waals surface area (Å²) >= 11 is 1.59. The number of nitrogens with zero attached hydrogens (tertiary/aromatic N) is 4. The van der Waals surface area contributed by atoms with Crippen molar-refractivity contribution in [3.63, 3.8) is 0 Å². The zero-order chi connectivity index (χ0) is 25.3. The van der Waals surface area contributed by atoms with Crippen LogP contribution in [0.5, 0.6) is 0 Å². The van der Waals surface area contributed by atoms with E-state index in [9.17, 15) is 0 Å². The van der Waals surface area contributed by atoms with Crippen molar-refractivity contribution in [2.75, 3.05) is 0 Å². The SMILES string of the molecule is C/C(=N/N=C(c1ccccc1)c1ccccc1)c1sccc1N=NC(c1ccccc1)c1ccccc1. The molecule has 0 saturated heterocycles. The van der Waals surface area contributed by atoms with E-state index in [0.717, 1.165) is 44.2 Å². The Labute approximate surface area is 221 Å². The maximum Gasteiger partial charge on any atom is 0.121 e. The number of hydrogen-bond donors (Lipinski definition) is 0. The lowest BCUT2D eigenvalue weighted by Crippen LogP contribution is -2.03. The van der Waals surface area contributed by atoms with E-state index < -0.39 is 0 Å². The molecule has 5 heteroatoms. The lowest BCUT2D eigenvalue weighted by Gasteiger charge is -2.12. The number of hydrogen-bond acceptors (Lipinski definition) is 5. The molecular formula is C32H26N4S. The smallest absolute Gasteiger partial charge is 0.121 e. The number of azo groups is 1. The summed E-state index contributed by atoms with van der Waals surface area (Å²) in [4.78, 5) is 0.952. The van der Waals surface area contributed by atoms with Gasteiger partial charge < -0.3 is 0 Å². The van der Waals surface area contributed by atoms with E-state index in [2.05, 4.69) is 58.7 Å². The first-order valence-electron chi connectivity index (χ1n) is 12.1. The van der Waals surface area contributed by atoms with E-state index in [4.69, 9.17) is 10.2 Å². The zero-order valence-electron chi connectivity index (χ0n) is 20.5. The topological polar surface area (TPSA) is 49.4 Å². The van der Waals surface area contributed by atoms with Crippen LogP contribution in [0.3, 0.4) is 0 Å². The Morgan fingerprint density at radius 1 is 0.595 bits per heavy atom. The fraction of sp³-hybridized carbons (Fsp3) is 0.0625. The molecule has 0 atom stereocenters. The normalized spacial score (nSPS) is 11.7. The molecule has 0 fully saturated rings. The van der Waals surface area contributed by atoms with Crippen LogP contribution in [0, 0.1) is 0 Å². The van der Waals surface area contributed by atoms with Gasteiger partial charge in [-0.25, -0.2) is 0 Å². The summed E-state index contributed by atoms with van der Waals surface area (Å²) in [6.07, 6.45) is 0. The second kappa shape index (κ2) is 12.0. The summed E-state index contributed by atoms with van der Waals surface area (Å²) in [6, 6.07) is 42.5. The highest BCUT2D eigenvalue weighted by atomic mass is 32.1. The van der Waals surface area contributed by atoms with E-state index in [1.54, 1.807) is 11.3 Å². The van der Waals surface area contributed by atoms with Gasteiger partial charge in [0.25, 0.3) is 0 Å². The van der Waals surface area contributed by atoms with Crippen molar-refractivity contribution < 1.29 is 0 Å². The van der Waals surface area contributed by atoms with Gasteiger partial charge >= 0.3 is 0 Å². The van der Waals surface area contributed by atoms with Crippen LogP contribution in [0.15, 0.2) is 153 Å². The van der Waals surface area contributed by atoms with Gasteiger partial charge in [-0.2, -0.15) is 15.3 Å². The molecule has 0 bridgehead atoms. The zero-order valence-corrected chi connectivity index (χ0v) is 21.3. The quantitative estimate of drug-likeness (QED) is 0.117. The Bertz CT molecular complexity index is 1430. The van der Waals surface area contributed by atoms with Crippen molar-refractivity contribution in [3.8, 4) is 0 Å². The van der Waals surface area contributed by atoms with Crippen molar-refractivity contribution in [2.24, 2.45) is 20.4 Å². The second-order valence-corrected chi connectivity index (χ2v) is 9.36. The van der Waals surface area contributed by atoms with Crippen molar-refractivity contribution in [1.82, 2.24) is 0 Å². The van der Waals surface area contributed by atoms with Crippen molar-refractivity contribution in [1.29, 1.82) is 0 Å². The summed E-state index contributed by atoms with van der Waals surface area (Å²) in [6.45, 7) is 1.97. The van der Waals surface area contributed by atoms with Crippen molar-refractivity contribution in [2.45, 2.75) is 13.0 Å². The third-order valence-corrected chi connectivity index (χ3v) is 6.89. The average Bonchev–Trinajstić information content (AvgIpc) is 3.44. The number of benzene rings is 4. The van der Waals surface area contributed by atoms with Gasteiger partial charge in [-0.05, 0) is 29.5 Å². The minimum atomic E-state index is -0.187. The summed E-state index contributed by atoms with van der Waals surface area (Å²) in [5, 5.41) is 20.8. The Hall–Kier alpha value is -4.48. The molecule has 0 spiro atoms. The first-order valence-corrected chi connectivity index (χ1v) is 13.0. The van der Waals surface area contributed by atoms with E-state index in [-0.39, 0.29) is 6.04 Å². The van der Waals surface area contributed by atoms with Gasteiger partial charge in [0, 0.05) is 11.1 Å². The molecule has 0 aliphatic carbocycles. The molecule has 0 N–H and O–H groups in total. The minimum absolute atomic E-state index is 0.187. The lowest BCUT2D eigenvalue weighted by molar-refractivity contribution is 0.809. The monoisotopic (exact) mass is 498 g/mol. The highest BCUT2D eigenvalue weighted by Gasteiger charge is 2.14. The summed E-state index contributed by atoms with van der Waals surface area (Å²) in [7, 11) is 0. The van der Waals surface area contributed by atoms with Gasteiger partial charge in [-0.15, -0.1) is 16.4 Å². The van der Waals surface area contributed by atoms with Crippen LogP contribution in [0.2, 0.25) is 0 Å². The van der Waals surface area contributed by atoms with Crippen LogP contribution < -0.4 is 0 Å². The molecule has 0 aliphatic heterocycles. The van der Waals surface area contributed by atoms with Gasteiger partial charge in [0.2, 0.25) is 0 Å². The highest BCUT2D eigenvalue weighted by molar-refractivity contribution is 7.12. The highest BCUT2D eigenvalue weighted by Crippen LogP contribution is 2.31. The van der Waals surface area contributed by atoms with E-state index >= 15 is 0 Å². The molecule has 1 heterocycles. The molecule has 5 aromatic rings. The molecule has 4 aromatic carbocycles. The fourth-order valence-corrected chi connectivity index (χ4v) is 4.79. The predicted octanol–water partition coefficient (Wildman–Crippen LogP) is 8.88. The molecule has 0 radical (unpaired) electrons. The molecule has 37 heavy (non-hydrogen) atoms. The van der Waals surface area contributed by atoms with Gasteiger partial charge in [-0.3, -0.25) is 0 Å². The Kier molecular flexibility index (Phi) is 7.84. The third kappa shape index (κ3) is 6.02. The van der Waals surface area contributed by atoms with Gasteiger partial charge in [0.1, 0.15) is 17.4 Å². The first kappa shape index (κ1) is 24.2. The van der Waals surface area contributed by atoms with Crippen molar-refractivity contribution >= 4 is 28.4 Å². The summed E-state index contributed by atoms with van der Waals surface area (Å²) < 4.78 is 0. The van der Waals surface area contributed by atoms with Crippen LogP contribution in [-0.2, 0) is 0 Å². The minimum Gasteiger partial charge on any atom is -0.176 e. The molecule has 0 amide bonds. The Balaban J connectivity index is 1.47. The molecule has 0 saturated carbocycles. The van der Waals surface area contributed by atoms with Crippen LogP contribution in [0.4, 0.5) is 5.69 Å².